The summed E-state index contributed by atoms with van der Waals surface area (Å²) in [4.78, 5) is 15.3. The Hall–Kier alpha value is -6.65. The van der Waals surface area contributed by atoms with Gasteiger partial charge in [0.15, 0.2) is 17.5 Å². The predicted octanol–water partition coefficient (Wildman–Crippen LogP) is 11.8. The smallest absolute Gasteiger partial charge is 0.164 e. The maximum atomic E-state index is 6.23. The van der Waals surface area contributed by atoms with Gasteiger partial charge in [-0.05, 0) is 51.6 Å². The summed E-state index contributed by atoms with van der Waals surface area (Å²) in [6.07, 6.45) is 0. The van der Waals surface area contributed by atoms with E-state index in [0.717, 1.165) is 60.9 Å². The Bertz CT molecular complexity index is 2570. The van der Waals surface area contributed by atoms with E-state index in [1.807, 2.05) is 42.5 Å². The van der Waals surface area contributed by atoms with Crippen LogP contribution in [0.2, 0.25) is 0 Å². The zero-order chi connectivity index (χ0) is 32.6. The maximum Gasteiger partial charge on any atom is 0.164 e. The molecule has 9 aromatic rings. The largest absolute Gasteiger partial charge is 0.456 e. The minimum Gasteiger partial charge on any atom is -0.456 e. The Balaban J connectivity index is 1.16. The van der Waals surface area contributed by atoms with Gasteiger partial charge in [0.25, 0.3) is 0 Å². The lowest BCUT2D eigenvalue weighted by molar-refractivity contribution is 0.669. The Morgan fingerprint density at radius 3 is 1.43 bits per heavy atom. The van der Waals surface area contributed by atoms with E-state index in [-0.39, 0.29) is 0 Å². The molecule has 7 aromatic carbocycles. The third-order valence-electron chi connectivity index (χ3n) is 8.98. The molecule has 2 heterocycles. The molecule has 9 rings (SSSR count). The van der Waals surface area contributed by atoms with Crippen molar-refractivity contribution in [1.82, 2.24) is 15.0 Å². The quantitative estimate of drug-likeness (QED) is 0.184. The lowest BCUT2D eigenvalue weighted by atomic mass is 9.99. The first kappa shape index (κ1) is 28.6. The molecule has 0 N–H and O–H groups in total. The number of rotatable bonds is 6. The second kappa shape index (κ2) is 12.2. The number of hydrogen-bond donors (Lipinski definition) is 0. The van der Waals surface area contributed by atoms with Crippen LogP contribution in [0.1, 0.15) is 0 Å². The molecule has 0 aliphatic rings. The van der Waals surface area contributed by atoms with Crippen LogP contribution >= 0.6 is 0 Å². The molecule has 0 aliphatic heterocycles. The first-order valence-corrected chi connectivity index (χ1v) is 16.4. The summed E-state index contributed by atoms with van der Waals surface area (Å²) >= 11 is 0. The van der Waals surface area contributed by atoms with Crippen LogP contribution in [0.3, 0.4) is 0 Å². The van der Waals surface area contributed by atoms with Crippen molar-refractivity contribution in [2.45, 2.75) is 0 Å². The first-order valence-electron chi connectivity index (χ1n) is 16.4. The monoisotopic (exact) mass is 627 g/mol. The summed E-state index contributed by atoms with van der Waals surface area (Å²) in [5.41, 5.74) is 11.3. The van der Waals surface area contributed by atoms with Crippen LogP contribution in [-0.4, -0.2) is 15.0 Å². The molecule has 0 fully saturated rings. The van der Waals surface area contributed by atoms with Gasteiger partial charge in [-0.15, -0.1) is 0 Å². The van der Waals surface area contributed by atoms with Crippen LogP contribution in [0.25, 0.3) is 89.5 Å². The van der Waals surface area contributed by atoms with Crippen molar-refractivity contribution in [2.75, 3.05) is 0 Å². The molecule has 0 bridgehead atoms. The summed E-state index contributed by atoms with van der Waals surface area (Å²) in [6, 6.07) is 60.5. The van der Waals surface area contributed by atoms with Gasteiger partial charge in [-0.1, -0.05) is 158 Å². The first-order chi connectivity index (χ1) is 24.3. The van der Waals surface area contributed by atoms with Crippen molar-refractivity contribution < 1.29 is 4.42 Å². The Morgan fingerprint density at radius 1 is 0.306 bits per heavy atom. The van der Waals surface area contributed by atoms with Crippen molar-refractivity contribution in [1.29, 1.82) is 0 Å². The highest BCUT2D eigenvalue weighted by Crippen LogP contribution is 2.37. The second-order valence-corrected chi connectivity index (χ2v) is 12.1. The van der Waals surface area contributed by atoms with Crippen LogP contribution in [-0.2, 0) is 0 Å². The zero-order valence-electron chi connectivity index (χ0n) is 26.5. The molecule has 0 saturated heterocycles. The van der Waals surface area contributed by atoms with E-state index in [4.69, 9.17) is 19.4 Å². The van der Waals surface area contributed by atoms with Gasteiger partial charge in [0.05, 0.1) is 0 Å². The standard InChI is InChI=1S/C45H29N3O/c1-3-11-30(12-4-1)32-21-23-33(24-22-32)34-25-27-35(28-26-34)43-46-44(37-16-9-15-36(29-37)31-13-5-2-6-14-31)48-45(47-43)39-18-10-20-41-42(39)38-17-7-8-19-40(38)49-41/h1-29H. The van der Waals surface area contributed by atoms with Crippen LogP contribution in [0.15, 0.2) is 180 Å². The van der Waals surface area contributed by atoms with Gasteiger partial charge in [0.1, 0.15) is 11.2 Å². The Labute approximate surface area is 284 Å². The number of aromatic nitrogens is 3. The molecular weight excluding hydrogens is 599 g/mol. The molecule has 0 atom stereocenters. The number of fused-ring (bicyclic) bond motifs is 3. The van der Waals surface area contributed by atoms with Gasteiger partial charge in [0, 0.05) is 27.5 Å². The minimum absolute atomic E-state index is 0.600. The van der Waals surface area contributed by atoms with Gasteiger partial charge in [0.2, 0.25) is 0 Å². The molecule has 0 radical (unpaired) electrons. The average Bonchev–Trinajstić information content (AvgIpc) is 3.58. The molecule has 230 valence electrons. The minimum atomic E-state index is 0.600. The third-order valence-corrected chi connectivity index (χ3v) is 8.98. The highest BCUT2D eigenvalue weighted by Gasteiger charge is 2.18. The molecule has 4 heteroatoms. The number of benzene rings is 7. The van der Waals surface area contributed by atoms with Crippen LogP contribution < -0.4 is 0 Å². The number of para-hydroxylation sites is 1. The normalized spacial score (nSPS) is 11.3. The lowest BCUT2D eigenvalue weighted by Gasteiger charge is -2.11. The Morgan fingerprint density at radius 2 is 0.755 bits per heavy atom. The molecule has 0 spiro atoms. The van der Waals surface area contributed by atoms with Crippen molar-refractivity contribution in [3.05, 3.63) is 176 Å². The molecule has 0 aliphatic carbocycles. The summed E-state index contributed by atoms with van der Waals surface area (Å²) in [7, 11) is 0. The average molecular weight is 628 g/mol. The maximum absolute atomic E-state index is 6.23. The highest BCUT2D eigenvalue weighted by molar-refractivity contribution is 6.11. The number of nitrogens with zero attached hydrogens (tertiary/aromatic N) is 3. The van der Waals surface area contributed by atoms with E-state index in [0.29, 0.717) is 17.5 Å². The van der Waals surface area contributed by atoms with Crippen molar-refractivity contribution in [2.24, 2.45) is 0 Å². The van der Waals surface area contributed by atoms with E-state index in [9.17, 15) is 0 Å². The van der Waals surface area contributed by atoms with Crippen LogP contribution in [0.5, 0.6) is 0 Å². The van der Waals surface area contributed by atoms with Crippen molar-refractivity contribution in [3.8, 4) is 67.5 Å². The van der Waals surface area contributed by atoms with Gasteiger partial charge in [-0.2, -0.15) is 0 Å². The molecule has 0 saturated carbocycles. The summed E-state index contributed by atoms with van der Waals surface area (Å²) in [5, 5.41) is 2.03. The third kappa shape index (κ3) is 5.45. The zero-order valence-corrected chi connectivity index (χ0v) is 26.5. The molecule has 2 aromatic heterocycles. The van der Waals surface area contributed by atoms with E-state index in [2.05, 4.69) is 133 Å². The fourth-order valence-electron chi connectivity index (χ4n) is 6.48. The van der Waals surface area contributed by atoms with E-state index >= 15 is 0 Å². The second-order valence-electron chi connectivity index (χ2n) is 12.1. The predicted molar refractivity (Wildman–Crippen MR) is 200 cm³/mol. The van der Waals surface area contributed by atoms with E-state index in [1.165, 1.54) is 11.1 Å². The van der Waals surface area contributed by atoms with E-state index < -0.39 is 0 Å². The van der Waals surface area contributed by atoms with Gasteiger partial charge in [-0.25, -0.2) is 15.0 Å². The topological polar surface area (TPSA) is 51.8 Å². The van der Waals surface area contributed by atoms with Gasteiger partial charge in [-0.3, -0.25) is 0 Å². The molecule has 49 heavy (non-hydrogen) atoms. The van der Waals surface area contributed by atoms with E-state index in [1.54, 1.807) is 0 Å². The van der Waals surface area contributed by atoms with Gasteiger partial charge >= 0.3 is 0 Å². The molecule has 0 unspecified atom stereocenters. The summed E-state index contributed by atoms with van der Waals surface area (Å²) < 4.78 is 6.23. The number of hydrogen-bond acceptors (Lipinski definition) is 4. The van der Waals surface area contributed by atoms with Crippen molar-refractivity contribution >= 4 is 21.9 Å². The molecular formula is C45H29N3O. The summed E-state index contributed by atoms with van der Waals surface area (Å²) in [5.74, 6) is 1.83. The number of furan rings is 1. The van der Waals surface area contributed by atoms with Crippen LogP contribution in [0, 0.1) is 0 Å². The fraction of sp³-hybridized carbons (Fsp3) is 0. The van der Waals surface area contributed by atoms with Crippen LogP contribution in [0.4, 0.5) is 0 Å². The lowest BCUT2D eigenvalue weighted by Crippen LogP contribution is -2.00. The molecule has 0 amide bonds. The highest BCUT2D eigenvalue weighted by atomic mass is 16.3. The fourth-order valence-corrected chi connectivity index (χ4v) is 6.48. The van der Waals surface area contributed by atoms with Gasteiger partial charge < -0.3 is 4.42 Å². The molecule has 4 nitrogen and oxygen atoms in total. The van der Waals surface area contributed by atoms with Crippen molar-refractivity contribution in [3.63, 3.8) is 0 Å². The SMILES string of the molecule is c1ccc(-c2ccc(-c3ccc(-c4nc(-c5cccc(-c6ccccc6)c5)nc(-c5cccc6oc7ccccc7c56)n4)cc3)cc2)cc1. The Kier molecular flexibility index (Phi) is 7.10. The summed E-state index contributed by atoms with van der Waals surface area (Å²) in [6.45, 7) is 0.